The van der Waals surface area contributed by atoms with Crippen LogP contribution in [0.15, 0.2) is 12.1 Å². The van der Waals surface area contributed by atoms with Gasteiger partial charge in [0.15, 0.2) is 5.41 Å². The number of esters is 2. The molecule has 7 heteroatoms. The van der Waals surface area contributed by atoms with Crippen LogP contribution in [0.1, 0.15) is 314 Å². The first kappa shape index (κ1) is 64.2. The van der Waals surface area contributed by atoms with E-state index in [4.69, 9.17) is 9.47 Å². The minimum absolute atomic E-state index is 0.129. The highest BCUT2D eigenvalue weighted by atomic mass is 16.6. The SMILES string of the molecule is CCCCCCCCCCCCN1C(C)(C)CC(OC(=O)C(C)(Cc2cc(C(C)(C)CCC)c(O)c(C(C)(C)CCC)c2)C(=O)OC2CC(C)(C)N(CCCCCCCCCCCC)C(C)(C)C2)CC1(C)C. The molecule has 0 unspecified atom stereocenters. The quantitative estimate of drug-likeness (QED) is 0.0419. The minimum atomic E-state index is -1.61. The summed E-state index contributed by atoms with van der Waals surface area (Å²) < 4.78 is 13.5. The van der Waals surface area contributed by atoms with E-state index in [-0.39, 0.29) is 51.6 Å². The zero-order valence-corrected chi connectivity index (χ0v) is 50.7. The summed E-state index contributed by atoms with van der Waals surface area (Å²) in [6, 6.07) is 4.15. The number of likely N-dealkylation sites (tertiary alicyclic amines) is 2. The molecule has 2 aliphatic heterocycles. The van der Waals surface area contributed by atoms with E-state index in [1.165, 1.54) is 128 Å². The number of carbonyl (C=O) groups is 2. The molecule has 0 amide bonds. The van der Waals surface area contributed by atoms with Gasteiger partial charge in [-0.1, -0.05) is 196 Å². The average molecular weight is 1010 g/mol. The topological polar surface area (TPSA) is 79.3 Å². The number of piperidine rings is 2. The molecule has 3 rings (SSSR count). The fourth-order valence-electron chi connectivity index (χ4n) is 13.9. The molecule has 1 aromatic rings. The van der Waals surface area contributed by atoms with Crippen molar-refractivity contribution >= 4 is 11.9 Å². The number of carbonyl (C=O) groups excluding carboxylic acids is 2. The van der Waals surface area contributed by atoms with Crippen LogP contribution < -0.4 is 0 Å². The van der Waals surface area contributed by atoms with Gasteiger partial charge in [0.05, 0.1) is 0 Å². The number of phenols is 1. The van der Waals surface area contributed by atoms with Crippen LogP contribution >= 0.6 is 0 Å². The lowest BCUT2D eigenvalue weighted by atomic mass is 9.72. The lowest BCUT2D eigenvalue weighted by Gasteiger charge is -2.55. The fraction of sp³-hybridized carbons (Fsp3) is 0.877. The van der Waals surface area contributed by atoms with Crippen LogP contribution in [0.5, 0.6) is 5.75 Å². The van der Waals surface area contributed by atoms with Crippen LogP contribution in [-0.2, 0) is 36.3 Å². The second kappa shape index (κ2) is 28.9. The van der Waals surface area contributed by atoms with Crippen molar-refractivity contribution < 1.29 is 24.2 Å². The summed E-state index contributed by atoms with van der Waals surface area (Å²) in [5, 5.41) is 12.1. The molecule has 0 atom stereocenters. The summed E-state index contributed by atoms with van der Waals surface area (Å²) in [6.07, 6.45) is 32.3. The lowest BCUT2D eigenvalue weighted by Crippen LogP contribution is -2.63. The van der Waals surface area contributed by atoms with E-state index in [0.717, 1.165) is 55.5 Å². The van der Waals surface area contributed by atoms with Gasteiger partial charge in [0.2, 0.25) is 0 Å². The summed E-state index contributed by atoms with van der Waals surface area (Å²) in [5.74, 6) is -0.660. The largest absolute Gasteiger partial charge is 0.507 e. The Morgan fingerprint density at radius 2 is 0.764 bits per heavy atom. The third-order valence-corrected chi connectivity index (χ3v) is 17.7. The summed E-state index contributed by atoms with van der Waals surface area (Å²) >= 11 is 0. The van der Waals surface area contributed by atoms with Gasteiger partial charge < -0.3 is 14.6 Å². The standard InChI is InChI=1S/C65H118N2O5/c1-18-22-24-26-28-30-32-34-36-38-42-66-61(9,10)47-52(48-62(66,11)12)71-57(69)65(17,46-51-44-54(59(5,6)40-20-3)56(68)55(45-51)60(7,8)41-21-4)58(70)72-53-49-63(13,14)67(64(15,16)50-53)43-39-37-35-33-31-29-27-25-23-19-2/h44-45,52-53,68H,18-43,46-50H2,1-17H3. The summed E-state index contributed by atoms with van der Waals surface area (Å²) in [6.45, 7) is 40.0. The number of hydrogen-bond donors (Lipinski definition) is 1. The summed E-state index contributed by atoms with van der Waals surface area (Å²) in [5.41, 5.74) is -0.418. The second-order valence-electron chi connectivity index (χ2n) is 27.6. The molecule has 2 saturated heterocycles. The summed E-state index contributed by atoms with van der Waals surface area (Å²) in [7, 11) is 0. The molecule has 0 saturated carbocycles. The molecular weight excluding hydrogens is 889 g/mol. The molecule has 0 aliphatic carbocycles. The van der Waals surface area contributed by atoms with Crippen molar-refractivity contribution in [1.29, 1.82) is 0 Å². The van der Waals surface area contributed by atoms with Gasteiger partial charge in [-0.3, -0.25) is 19.4 Å². The smallest absolute Gasteiger partial charge is 0.323 e. The van der Waals surface area contributed by atoms with Crippen LogP contribution in [0.25, 0.3) is 0 Å². The lowest BCUT2D eigenvalue weighted by molar-refractivity contribution is -0.187. The van der Waals surface area contributed by atoms with Crippen molar-refractivity contribution in [2.75, 3.05) is 13.1 Å². The molecule has 418 valence electrons. The van der Waals surface area contributed by atoms with Crippen molar-refractivity contribution in [2.45, 2.75) is 349 Å². The first-order valence-corrected chi connectivity index (χ1v) is 30.5. The van der Waals surface area contributed by atoms with Gasteiger partial charge in [-0.25, -0.2) is 0 Å². The molecule has 0 spiro atoms. The zero-order valence-electron chi connectivity index (χ0n) is 50.7. The molecule has 2 fully saturated rings. The maximum Gasteiger partial charge on any atom is 0.323 e. The number of ether oxygens (including phenoxy) is 2. The van der Waals surface area contributed by atoms with Gasteiger partial charge in [0.1, 0.15) is 18.0 Å². The van der Waals surface area contributed by atoms with E-state index in [1.807, 2.05) is 0 Å². The molecule has 2 aliphatic rings. The Bertz CT molecular complexity index is 1600. The molecule has 2 heterocycles. The number of benzene rings is 1. The number of rotatable bonds is 34. The normalized spacial score (nSPS) is 18.9. The first-order chi connectivity index (χ1) is 33.6. The maximum absolute atomic E-state index is 15.3. The van der Waals surface area contributed by atoms with Gasteiger partial charge in [-0.05, 0) is 124 Å². The van der Waals surface area contributed by atoms with Crippen molar-refractivity contribution in [2.24, 2.45) is 5.41 Å². The van der Waals surface area contributed by atoms with E-state index in [1.54, 1.807) is 6.92 Å². The van der Waals surface area contributed by atoms with Crippen molar-refractivity contribution in [1.82, 2.24) is 9.80 Å². The Morgan fingerprint density at radius 1 is 0.486 bits per heavy atom. The van der Waals surface area contributed by atoms with Crippen molar-refractivity contribution in [3.8, 4) is 5.75 Å². The van der Waals surface area contributed by atoms with Crippen LogP contribution in [0.3, 0.4) is 0 Å². The van der Waals surface area contributed by atoms with Crippen molar-refractivity contribution in [3.63, 3.8) is 0 Å². The van der Waals surface area contributed by atoms with E-state index < -0.39 is 17.4 Å². The Balaban J connectivity index is 1.90. The van der Waals surface area contributed by atoms with E-state index >= 15 is 9.59 Å². The molecule has 0 radical (unpaired) electrons. The van der Waals surface area contributed by atoms with Crippen LogP contribution in [0.2, 0.25) is 0 Å². The molecule has 7 nitrogen and oxygen atoms in total. The summed E-state index contributed by atoms with van der Waals surface area (Å²) in [4.78, 5) is 35.9. The highest BCUT2D eigenvalue weighted by molar-refractivity contribution is 6.00. The zero-order chi connectivity index (χ0) is 54.0. The number of phenolic OH excluding ortho intramolecular Hbond substituents is 1. The third-order valence-electron chi connectivity index (χ3n) is 17.7. The van der Waals surface area contributed by atoms with Gasteiger partial charge in [-0.15, -0.1) is 0 Å². The van der Waals surface area contributed by atoms with Crippen LogP contribution in [-0.4, -0.2) is 74.3 Å². The molecular formula is C65H118N2O5. The average Bonchev–Trinajstić information content (AvgIpc) is 3.25. The number of nitrogens with zero attached hydrogens (tertiary/aromatic N) is 2. The predicted octanol–water partition coefficient (Wildman–Crippen LogP) is 18.1. The molecule has 72 heavy (non-hydrogen) atoms. The number of aromatic hydroxyl groups is 1. The van der Waals surface area contributed by atoms with Gasteiger partial charge in [-0.2, -0.15) is 0 Å². The van der Waals surface area contributed by atoms with Crippen LogP contribution in [0, 0.1) is 5.41 Å². The Kier molecular flexibility index (Phi) is 25.7. The number of unbranched alkanes of at least 4 members (excludes halogenated alkanes) is 18. The Labute approximate surface area is 446 Å². The van der Waals surface area contributed by atoms with Gasteiger partial charge in [0.25, 0.3) is 0 Å². The van der Waals surface area contributed by atoms with Crippen molar-refractivity contribution in [3.05, 3.63) is 28.8 Å². The van der Waals surface area contributed by atoms with E-state index in [2.05, 4.69) is 133 Å². The molecule has 1 N–H and O–H groups in total. The van der Waals surface area contributed by atoms with Crippen LogP contribution in [0.4, 0.5) is 0 Å². The van der Waals surface area contributed by atoms with Gasteiger partial charge >= 0.3 is 11.9 Å². The highest BCUT2D eigenvalue weighted by Gasteiger charge is 2.53. The van der Waals surface area contributed by atoms with E-state index in [0.29, 0.717) is 31.4 Å². The Morgan fingerprint density at radius 3 is 1.04 bits per heavy atom. The predicted molar refractivity (Wildman–Crippen MR) is 307 cm³/mol. The highest BCUT2D eigenvalue weighted by Crippen LogP contribution is 2.47. The van der Waals surface area contributed by atoms with E-state index in [9.17, 15) is 5.11 Å². The van der Waals surface area contributed by atoms with Gasteiger partial charge in [0, 0.05) is 59.0 Å². The third kappa shape index (κ3) is 18.9. The fourth-order valence-corrected chi connectivity index (χ4v) is 13.9. The molecule has 1 aromatic carbocycles. The molecule has 0 bridgehead atoms. The second-order valence-corrected chi connectivity index (χ2v) is 27.6. The first-order valence-electron chi connectivity index (χ1n) is 30.5. The Hall–Kier alpha value is -2.12. The minimum Gasteiger partial charge on any atom is -0.507 e. The number of hydrogen-bond acceptors (Lipinski definition) is 7. The maximum atomic E-state index is 15.3. The monoisotopic (exact) mass is 1010 g/mol. The molecule has 0 aromatic heterocycles.